The zero-order valence-corrected chi connectivity index (χ0v) is 9.45. The van der Waals surface area contributed by atoms with Crippen molar-refractivity contribution in [1.29, 1.82) is 0 Å². The summed E-state index contributed by atoms with van der Waals surface area (Å²) in [5, 5.41) is 3.40. The molecule has 0 amide bonds. The van der Waals surface area contributed by atoms with Crippen molar-refractivity contribution in [2.75, 3.05) is 26.8 Å². The van der Waals surface area contributed by atoms with Gasteiger partial charge in [0, 0.05) is 19.1 Å². The lowest BCUT2D eigenvalue weighted by Crippen LogP contribution is -2.23. The number of nitrogens with one attached hydrogen (secondary N) is 1. The van der Waals surface area contributed by atoms with E-state index in [1.54, 1.807) is 13.4 Å². The van der Waals surface area contributed by atoms with Gasteiger partial charge < -0.3 is 14.5 Å². The summed E-state index contributed by atoms with van der Waals surface area (Å²) in [4.78, 5) is 0. The minimum Gasteiger partial charge on any atom is -0.469 e. The van der Waals surface area contributed by atoms with E-state index in [-0.39, 0.29) is 5.41 Å². The molecule has 2 atom stereocenters. The van der Waals surface area contributed by atoms with Crippen LogP contribution in [-0.4, -0.2) is 26.8 Å². The first kappa shape index (κ1) is 10.7. The average Bonchev–Trinajstić information content (AvgIpc) is 2.72. The molecule has 0 aliphatic heterocycles. The zero-order valence-electron chi connectivity index (χ0n) is 9.45. The lowest BCUT2D eigenvalue weighted by Gasteiger charge is -2.08. The molecule has 1 heterocycles. The Hall–Kier alpha value is -0.800. The van der Waals surface area contributed by atoms with Gasteiger partial charge in [-0.3, -0.25) is 0 Å². The Labute approximate surface area is 90.8 Å². The highest BCUT2D eigenvalue weighted by Gasteiger charge is 2.52. The maximum Gasteiger partial charge on any atom is 0.109 e. The maximum atomic E-state index is 5.47. The molecule has 0 saturated heterocycles. The minimum absolute atomic E-state index is 0.267. The first-order valence-corrected chi connectivity index (χ1v) is 5.51. The van der Waals surface area contributed by atoms with Crippen molar-refractivity contribution < 1.29 is 9.15 Å². The Bertz CT molecular complexity index is 297. The largest absolute Gasteiger partial charge is 0.469 e. The summed E-state index contributed by atoms with van der Waals surface area (Å²) in [7, 11) is 1.73. The topological polar surface area (TPSA) is 34.4 Å². The van der Waals surface area contributed by atoms with Gasteiger partial charge in [0.25, 0.3) is 0 Å². The maximum absolute atomic E-state index is 5.47. The second-order valence-corrected chi connectivity index (χ2v) is 4.49. The summed E-state index contributed by atoms with van der Waals surface area (Å²) in [5.41, 5.74) is 0.267. The Morgan fingerprint density at radius 1 is 1.67 bits per heavy atom. The van der Waals surface area contributed by atoms with Crippen LogP contribution >= 0.6 is 0 Å². The summed E-state index contributed by atoms with van der Waals surface area (Å²) < 4.78 is 10.5. The first-order valence-electron chi connectivity index (χ1n) is 5.51. The minimum atomic E-state index is 0.267. The molecule has 1 aliphatic rings. The van der Waals surface area contributed by atoms with Crippen molar-refractivity contribution >= 4 is 0 Å². The molecule has 3 heteroatoms. The second-order valence-electron chi connectivity index (χ2n) is 4.49. The van der Waals surface area contributed by atoms with Gasteiger partial charge in [0.05, 0.1) is 12.9 Å². The Kier molecular flexibility index (Phi) is 3.12. The van der Waals surface area contributed by atoms with Crippen LogP contribution in [0.5, 0.6) is 0 Å². The van der Waals surface area contributed by atoms with E-state index in [0.717, 1.165) is 25.5 Å². The summed E-state index contributed by atoms with van der Waals surface area (Å²) >= 11 is 0. The third-order valence-electron chi connectivity index (χ3n) is 3.37. The molecule has 3 nitrogen and oxygen atoms in total. The molecule has 1 aromatic heterocycles. The molecule has 1 saturated carbocycles. The van der Waals surface area contributed by atoms with Crippen LogP contribution in [0.15, 0.2) is 22.8 Å². The van der Waals surface area contributed by atoms with Crippen LogP contribution in [0, 0.1) is 5.92 Å². The molecular weight excluding hydrogens is 190 g/mol. The third kappa shape index (κ3) is 2.24. The molecule has 2 unspecified atom stereocenters. The molecule has 15 heavy (non-hydrogen) atoms. The summed E-state index contributed by atoms with van der Waals surface area (Å²) in [6, 6.07) is 4.05. The van der Waals surface area contributed by atoms with Crippen molar-refractivity contribution in [2.24, 2.45) is 5.92 Å². The van der Waals surface area contributed by atoms with Crippen LogP contribution < -0.4 is 5.32 Å². The van der Waals surface area contributed by atoms with Gasteiger partial charge in [0.1, 0.15) is 5.76 Å². The molecule has 1 N–H and O–H groups in total. The standard InChI is InChI=1S/C12H19NO2/c1-12(11-4-3-6-15-11)8-10(12)9-13-5-7-14-2/h3-4,6,10,13H,5,7-9H2,1-2H3. The number of hydrogen-bond acceptors (Lipinski definition) is 3. The fraction of sp³-hybridized carbons (Fsp3) is 0.667. The molecule has 0 radical (unpaired) electrons. The van der Waals surface area contributed by atoms with Gasteiger partial charge in [0.15, 0.2) is 0 Å². The van der Waals surface area contributed by atoms with Crippen molar-refractivity contribution in [1.82, 2.24) is 5.32 Å². The Morgan fingerprint density at radius 2 is 2.53 bits per heavy atom. The molecule has 1 aliphatic carbocycles. The van der Waals surface area contributed by atoms with Crippen molar-refractivity contribution in [2.45, 2.75) is 18.8 Å². The van der Waals surface area contributed by atoms with Gasteiger partial charge in [-0.1, -0.05) is 6.92 Å². The highest BCUT2D eigenvalue weighted by atomic mass is 16.5. The van der Waals surface area contributed by atoms with E-state index < -0.39 is 0 Å². The van der Waals surface area contributed by atoms with Crippen LogP contribution in [-0.2, 0) is 10.2 Å². The predicted octanol–water partition coefficient (Wildman–Crippen LogP) is 1.79. The third-order valence-corrected chi connectivity index (χ3v) is 3.37. The van der Waals surface area contributed by atoms with Crippen LogP contribution in [0.25, 0.3) is 0 Å². The smallest absolute Gasteiger partial charge is 0.109 e. The van der Waals surface area contributed by atoms with E-state index in [9.17, 15) is 0 Å². The predicted molar refractivity (Wildman–Crippen MR) is 58.9 cm³/mol. The van der Waals surface area contributed by atoms with Gasteiger partial charge in [-0.25, -0.2) is 0 Å². The number of methoxy groups -OCH3 is 1. The van der Waals surface area contributed by atoms with Gasteiger partial charge in [-0.2, -0.15) is 0 Å². The zero-order chi connectivity index (χ0) is 10.7. The van der Waals surface area contributed by atoms with Crippen LogP contribution in [0.2, 0.25) is 0 Å². The van der Waals surface area contributed by atoms with Gasteiger partial charge >= 0.3 is 0 Å². The Morgan fingerprint density at radius 3 is 3.20 bits per heavy atom. The molecule has 84 valence electrons. The lowest BCUT2D eigenvalue weighted by molar-refractivity contribution is 0.199. The number of rotatable bonds is 6. The van der Waals surface area contributed by atoms with Gasteiger partial charge in [-0.05, 0) is 31.0 Å². The molecule has 1 fully saturated rings. The molecular formula is C12H19NO2. The van der Waals surface area contributed by atoms with E-state index in [1.807, 2.05) is 6.07 Å². The monoisotopic (exact) mass is 209 g/mol. The SMILES string of the molecule is COCCNCC1CC1(C)c1ccco1. The van der Waals surface area contributed by atoms with Crippen molar-refractivity contribution in [3.05, 3.63) is 24.2 Å². The molecule has 0 bridgehead atoms. The molecule has 2 rings (SSSR count). The van der Waals surface area contributed by atoms with Crippen LogP contribution in [0.3, 0.4) is 0 Å². The van der Waals surface area contributed by atoms with Crippen molar-refractivity contribution in [3.63, 3.8) is 0 Å². The van der Waals surface area contributed by atoms with E-state index in [2.05, 4.69) is 18.3 Å². The van der Waals surface area contributed by atoms with Gasteiger partial charge in [-0.15, -0.1) is 0 Å². The van der Waals surface area contributed by atoms with E-state index in [1.165, 1.54) is 6.42 Å². The summed E-state index contributed by atoms with van der Waals surface area (Å²) in [6.45, 7) is 5.04. The fourth-order valence-corrected chi connectivity index (χ4v) is 2.11. The lowest BCUT2D eigenvalue weighted by atomic mass is 10.0. The quantitative estimate of drug-likeness (QED) is 0.725. The molecule has 0 spiro atoms. The summed E-state index contributed by atoms with van der Waals surface area (Å²) in [5.74, 6) is 1.83. The normalized spacial score (nSPS) is 29.3. The van der Waals surface area contributed by atoms with E-state index in [0.29, 0.717) is 5.92 Å². The van der Waals surface area contributed by atoms with Crippen LogP contribution in [0.4, 0.5) is 0 Å². The highest BCUT2D eigenvalue weighted by Crippen LogP contribution is 2.53. The van der Waals surface area contributed by atoms with Crippen molar-refractivity contribution in [3.8, 4) is 0 Å². The average molecular weight is 209 g/mol. The summed E-state index contributed by atoms with van der Waals surface area (Å²) in [6.07, 6.45) is 2.98. The van der Waals surface area contributed by atoms with Gasteiger partial charge in [0.2, 0.25) is 0 Å². The fourth-order valence-electron chi connectivity index (χ4n) is 2.11. The first-order chi connectivity index (χ1) is 7.27. The number of ether oxygens (including phenoxy) is 1. The highest BCUT2D eigenvalue weighted by molar-refractivity contribution is 5.24. The number of hydrogen-bond donors (Lipinski definition) is 1. The second kappa shape index (κ2) is 4.37. The molecule has 0 aromatic carbocycles. The number of furan rings is 1. The van der Waals surface area contributed by atoms with Crippen LogP contribution in [0.1, 0.15) is 19.1 Å². The van der Waals surface area contributed by atoms with E-state index in [4.69, 9.17) is 9.15 Å². The molecule has 1 aromatic rings. The Balaban J connectivity index is 1.75. The van der Waals surface area contributed by atoms with E-state index >= 15 is 0 Å².